The van der Waals surface area contributed by atoms with Crippen LogP contribution in [0.3, 0.4) is 0 Å². The van der Waals surface area contributed by atoms with Crippen LogP contribution in [0.25, 0.3) is 0 Å². The van der Waals surface area contributed by atoms with Crippen LogP contribution in [0.4, 0.5) is 0 Å². The molecule has 2 atom stereocenters. The second kappa shape index (κ2) is 8.36. The summed E-state index contributed by atoms with van der Waals surface area (Å²) in [5.74, 6) is 0.732. The van der Waals surface area contributed by atoms with Gasteiger partial charge in [-0.3, -0.25) is 9.79 Å². The number of nitrogens with zero attached hydrogens (tertiary/aromatic N) is 1. The largest absolute Gasteiger partial charge is 0.386 e. The van der Waals surface area contributed by atoms with E-state index in [1.807, 2.05) is 13.0 Å². The van der Waals surface area contributed by atoms with E-state index in [0.717, 1.165) is 17.8 Å². The topological polar surface area (TPSA) is 85.8 Å². The molecule has 22 heavy (non-hydrogen) atoms. The second-order valence-corrected chi connectivity index (χ2v) is 6.81. The van der Waals surface area contributed by atoms with E-state index < -0.39 is 6.10 Å². The molecular formula is C14H21ClN4O2S. The van der Waals surface area contributed by atoms with E-state index in [0.29, 0.717) is 23.3 Å². The van der Waals surface area contributed by atoms with E-state index in [9.17, 15) is 9.90 Å². The Morgan fingerprint density at radius 2 is 2.45 bits per heavy atom. The first-order valence-electron chi connectivity index (χ1n) is 7.33. The molecule has 122 valence electrons. The van der Waals surface area contributed by atoms with Crippen LogP contribution >= 0.6 is 22.9 Å². The number of rotatable bonds is 5. The average molecular weight is 345 g/mol. The van der Waals surface area contributed by atoms with Crippen molar-refractivity contribution in [2.75, 3.05) is 19.6 Å². The number of hydrogen-bond donors (Lipinski definition) is 4. The van der Waals surface area contributed by atoms with Crippen molar-refractivity contribution in [3.8, 4) is 0 Å². The lowest BCUT2D eigenvalue weighted by Crippen LogP contribution is -2.51. The van der Waals surface area contributed by atoms with Crippen LogP contribution in [0.15, 0.2) is 17.1 Å². The fourth-order valence-corrected chi connectivity index (χ4v) is 3.18. The van der Waals surface area contributed by atoms with Gasteiger partial charge in [-0.25, -0.2) is 0 Å². The fraction of sp³-hybridized carbons (Fsp3) is 0.571. The third-order valence-electron chi connectivity index (χ3n) is 3.30. The van der Waals surface area contributed by atoms with Crippen LogP contribution in [0, 0.1) is 0 Å². The van der Waals surface area contributed by atoms with Crippen molar-refractivity contribution < 1.29 is 9.90 Å². The average Bonchev–Trinajstić information content (AvgIpc) is 2.93. The van der Waals surface area contributed by atoms with Crippen molar-refractivity contribution in [3.05, 3.63) is 21.3 Å². The van der Waals surface area contributed by atoms with Crippen LogP contribution in [0.2, 0.25) is 4.34 Å². The van der Waals surface area contributed by atoms with Gasteiger partial charge in [0.2, 0.25) is 5.91 Å². The molecule has 0 aromatic carbocycles. The van der Waals surface area contributed by atoms with Gasteiger partial charge >= 0.3 is 0 Å². The summed E-state index contributed by atoms with van der Waals surface area (Å²) in [6.07, 6.45) is 0.631. The molecule has 0 aliphatic carbocycles. The first kappa shape index (κ1) is 17.1. The molecule has 1 aromatic rings. The minimum absolute atomic E-state index is 0.0879. The number of aliphatic hydroxyl groups is 1. The molecule has 0 spiro atoms. The third kappa shape index (κ3) is 5.15. The Morgan fingerprint density at radius 3 is 3.05 bits per heavy atom. The Bertz CT molecular complexity index is 525. The number of thiophene rings is 1. The predicted molar refractivity (Wildman–Crippen MR) is 89.4 cm³/mol. The number of nitrogens with one attached hydrogen (secondary N) is 3. The van der Waals surface area contributed by atoms with Gasteiger partial charge in [-0.15, -0.1) is 11.3 Å². The Morgan fingerprint density at radius 1 is 1.64 bits per heavy atom. The smallest absolute Gasteiger partial charge is 0.220 e. The fourth-order valence-electron chi connectivity index (χ4n) is 2.14. The quantitative estimate of drug-likeness (QED) is 0.478. The SMILES string of the molecule is CCNC(=NCC(O)c1ccc(Cl)s1)NC1CCC(=O)NC1. The minimum atomic E-state index is -0.668. The first-order valence-corrected chi connectivity index (χ1v) is 8.52. The van der Waals surface area contributed by atoms with Gasteiger partial charge in [0.25, 0.3) is 0 Å². The van der Waals surface area contributed by atoms with Crippen LogP contribution in [-0.2, 0) is 4.79 Å². The number of aliphatic imine (C=N–C) groups is 1. The van der Waals surface area contributed by atoms with Crippen molar-refractivity contribution in [3.63, 3.8) is 0 Å². The molecule has 6 nitrogen and oxygen atoms in total. The third-order valence-corrected chi connectivity index (χ3v) is 4.63. The Labute approximate surface area is 139 Å². The van der Waals surface area contributed by atoms with Crippen LogP contribution < -0.4 is 16.0 Å². The highest BCUT2D eigenvalue weighted by atomic mass is 35.5. The molecule has 1 saturated heterocycles. The van der Waals surface area contributed by atoms with Crippen molar-refractivity contribution in [1.29, 1.82) is 0 Å². The molecular weight excluding hydrogens is 324 g/mol. The van der Waals surface area contributed by atoms with E-state index in [2.05, 4.69) is 20.9 Å². The summed E-state index contributed by atoms with van der Waals surface area (Å²) >= 11 is 7.22. The minimum Gasteiger partial charge on any atom is -0.386 e. The molecule has 2 unspecified atom stereocenters. The highest BCUT2D eigenvalue weighted by molar-refractivity contribution is 7.16. The summed E-state index contributed by atoms with van der Waals surface area (Å²) in [6, 6.07) is 3.73. The summed E-state index contributed by atoms with van der Waals surface area (Å²) in [7, 11) is 0. The van der Waals surface area contributed by atoms with Gasteiger partial charge in [0.15, 0.2) is 5.96 Å². The molecule has 1 fully saturated rings. The van der Waals surface area contributed by atoms with E-state index in [-0.39, 0.29) is 18.5 Å². The number of hydrogen-bond acceptors (Lipinski definition) is 4. The van der Waals surface area contributed by atoms with E-state index in [4.69, 9.17) is 11.6 Å². The number of halogens is 1. The zero-order valence-electron chi connectivity index (χ0n) is 12.4. The lowest BCUT2D eigenvalue weighted by Gasteiger charge is -2.25. The van der Waals surface area contributed by atoms with Crippen molar-refractivity contribution in [2.45, 2.75) is 31.9 Å². The summed E-state index contributed by atoms with van der Waals surface area (Å²) < 4.78 is 0.654. The molecule has 2 rings (SSSR count). The molecule has 1 aromatic heterocycles. The molecule has 0 bridgehead atoms. The normalized spacial score (nSPS) is 20.4. The number of carbonyl (C=O) groups is 1. The van der Waals surface area contributed by atoms with E-state index in [1.54, 1.807) is 6.07 Å². The van der Waals surface area contributed by atoms with Gasteiger partial charge in [0, 0.05) is 30.4 Å². The van der Waals surface area contributed by atoms with E-state index in [1.165, 1.54) is 11.3 Å². The first-order chi connectivity index (χ1) is 10.6. The Hall–Kier alpha value is -1.31. The number of guanidine groups is 1. The van der Waals surface area contributed by atoms with Gasteiger partial charge < -0.3 is 21.1 Å². The van der Waals surface area contributed by atoms with E-state index >= 15 is 0 Å². The maximum Gasteiger partial charge on any atom is 0.220 e. The van der Waals surface area contributed by atoms with Crippen molar-refractivity contribution >= 4 is 34.8 Å². The van der Waals surface area contributed by atoms with Gasteiger partial charge in [-0.2, -0.15) is 0 Å². The zero-order valence-corrected chi connectivity index (χ0v) is 14.0. The summed E-state index contributed by atoms with van der Waals surface area (Å²) in [6.45, 7) is 3.55. The van der Waals surface area contributed by atoms with Gasteiger partial charge in [-0.1, -0.05) is 11.6 Å². The summed E-state index contributed by atoms with van der Waals surface area (Å²) in [5, 5.41) is 19.4. The standard InChI is InChI=1S/C14H21ClN4O2S/c1-2-16-14(19-9-3-6-13(21)17-7-9)18-8-10(20)11-4-5-12(15)22-11/h4-5,9-10,20H,2-3,6-8H2,1H3,(H,17,21)(H2,16,18,19). The highest BCUT2D eigenvalue weighted by Crippen LogP contribution is 2.26. The monoisotopic (exact) mass is 344 g/mol. The molecule has 2 heterocycles. The number of amides is 1. The highest BCUT2D eigenvalue weighted by Gasteiger charge is 2.19. The van der Waals surface area contributed by atoms with Gasteiger partial charge in [-0.05, 0) is 25.5 Å². The van der Waals surface area contributed by atoms with Crippen molar-refractivity contribution in [2.24, 2.45) is 4.99 Å². The molecule has 1 amide bonds. The number of piperidine rings is 1. The van der Waals surface area contributed by atoms with Crippen molar-refractivity contribution in [1.82, 2.24) is 16.0 Å². The Kier molecular flexibility index (Phi) is 6.48. The molecule has 0 radical (unpaired) electrons. The lowest BCUT2D eigenvalue weighted by atomic mass is 10.1. The Balaban J connectivity index is 1.90. The van der Waals surface area contributed by atoms with Crippen LogP contribution in [0.1, 0.15) is 30.7 Å². The molecule has 1 aliphatic rings. The maximum absolute atomic E-state index is 11.2. The predicted octanol–water partition coefficient (Wildman–Crippen LogP) is 1.27. The van der Waals surface area contributed by atoms with Gasteiger partial charge in [0.1, 0.15) is 6.10 Å². The molecule has 4 N–H and O–H groups in total. The summed E-state index contributed by atoms with van der Waals surface area (Å²) in [5.41, 5.74) is 0. The molecule has 0 saturated carbocycles. The lowest BCUT2D eigenvalue weighted by molar-refractivity contribution is -0.122. The maximum atomic E-state index is 11.2. The second-order valence-electron chi connectivity index (χ2n) is 5.06. The van der Waals surface area contributed by atoms with Gasteiger partial charge in [0.05, 0.1) is 10.9 Å². The molecule has 1 aliphatic heterocycles. The van der Waals surface area contributed by atoms with Crippen LogP contribution in [0.5, 0.6) is 0 Å². The zero-order chi connectivity index (χ0) is 15.9. The number of aliphatic hydroxyl groups excluding tert-OH is 1. The summed E-state index contributed by atoms with van der Waals surface area (Å²) in [4.78, 5) is 16.4. The number of carbonyl (C=O) groups excluding carboxylic acids is 1. The van der Waals surface area contributed by atoms with Crippen LogP contribution in [-0.4, -0.2) is 42.6 Å². The molecule has 8 heteroatoms.